The third-order valence-corrected chi connectivity index (χ3v) is 14.0. The summed E-state index contributed by atoms with van der Waals surface area (Å²) >= 11 is 0. The van der Waals surface area contributed by atoms with Crippen molar-refractivity contribution >= 4 is 66.1 Å². The molecule has 0 saturated carbocycles. The molecular formula is C58H71N3. The highest BCUT2D eigenvalue weighted by molar-refractivity contribution is 5.88. The van der Waals surface area contributed by atoms with E-state index in [2.05, 4.69) is 137 Å². The van der Waals surface area contributed by atoms with Gasteiger partial charge in [-0.2, -0.15) is 0 Å². The van der Waals surface area contributed by atoms with Crippen LogP contribution < -0.4 is 31.3 Å². The number of aromatic nitrogens is 3. The van der Waals surface area contributed by atoms with E-state index in [9.17, 15) is 0 Å². The highest BCUT2D eigenvalue weighted by Crippen LogP contribution is 2.26. The van der Waals surface area contributed by atoms with Gasteiger partial charge in [-0.1, -0.05) is 146 Å². The molecule has 0 atom stereocenters. The summed E-state index contributed by atoms with van der Waals surface area (Å²) in [6, 6.07) is 22.3. The number of hydrogen-bond acceptors (Lipinski definition) is 3. The maximum atomic E-state index is 5.01. The first-order chi connectivity index (χ1) is 29.8. The van der Waals surface area contributed by atoms with Crippen molar-refractivity contribution in [2.24, 2.45) is 0 Å². The van der Waals surface area contributed by atoms with Gasteiger partial charge in [-0.3, -0.25) is 15.0 Å². The van der Waals surface area contributed by atoms with Crippen LogP contribution in [0.1, 0.15) is 162 Å². The zero-order chi connectivity index (χ0) is 43.4. The Labute approximate surface area is 365 Å². The van der Waals surface area contributed by atoms with E-state index in [0.29, 0.717) is 0 Å². The number of hydrogen-bond donors (Lipinski definition) is 0. The van der Waals surface area contributed by atoms with E-state index < -0.39 is 0 Å². The zero-order valence-electron chi connectivity index (χ0n) is 39.5. The van der Waals surface area contributed by atoms with Gasteiger partial charge in [0, 0.05) is 48.9 Å². The van der Waals surface area contributed by atoms with Crippen LogP contribution in [0, 0.1) is 0 Å². The highest BCUT2D eigenvalue weighted by atomic mass is 14.7. The molecule has 0 spiro atoms. The Balaban J connectivity index is 0.000000138. The predicted octanol–water partition coefficient (Wildman–Crippen LogP) is 11.1. The lowest BCUT2D eigenvalue weighted by Gasteiger charge is -2.07. The molecule has 6 aromatic rings. The molecule has 61 heavy (non-hydrogen) atoms. The van der Waals surface area contributed by atoms with Crippen LogP contribution in [0.5, 0.6) is 0 Å². The number of fused-ring (bicyclic) bond motifs is 9. The Morgan fingerprint density at radius 2 is 0.672 bits per heavy atom. The van der Waals surface area contributed by atoms with Crippen molar-refractivity contribution < 1.29 is 0 Å². The lowest BCUT2D eigenvalue weighted by molar-refractivity contribution is 1.02. The maximum Gasteiger partial charge on any atom is 0.0714 e. The van der Waals surface area contributed by atoms with E-state index in [1.54, 1.807) is 33.4 Å². The molecule has 0 amide bonds. The first-order valence-electron chi connectivity index (χ1n) is 24.2. The summed E-state index contributed by atoms with van der Waals surface area (Å²) in [5.41, 5.74) is 19.8. The van der Waals surface area contributed by atoms with Crippen LogP contribution in [0.3, 0.4) is 0 Å². The van der Waals surface area contributed by atoms with Gasteiger partial charge in [-0.05, 0) is 141 Å². The average Bonchev–Trinajstić information content (AvgIpc) is 4.02. The molecule has 3 nitrogen and oxygen atoms in total. The largest absolute Gasteiger partial charge is 0.252 e. The van der Waals surface area contributed by atoms with E-state index in [0.717, 1.165) is 95.4 Å². The van der Waals surface area contributed by atoms with Crippen molar-refractivity contribution in [1.29, 1.82) is 0 Å². The number of aryl methyl sites for hydroxylation is 5. The Hall–Kier alpha value is -4.89. The van der Waals surface area contributed by atoms with Gasteiger partial charge < -0.3 is 0 Å². The Morgan fingerprint density at radius 1 is 0.311 bits per heavy atom. The lowest BCUT2D eigenvalue weighted by Crippen LogP contribution is -2.31. The molecule has 0 N–H and O–H groups in total. The van der Waals surface area contributed by atoms with Crippen LogP contribution in [0.2, 0.25) is 0 Å². The van der Waals surface area contributed by atoms with E-state index in [1.165, 1.54) is 86.7 Å². The van der Waals surface area contributed by atoms with Gasteiger partial charge in [0.25, 0.3) is 0 Å². The molecule has 3 aliphatic carbocycles. The standard InChI is InChI=1S/2C20H25N.C18H21N/c1-5-13-9-10-18-16(11-13)19-14(6-2)12-15(7-3)20(19)17(8-4)21-18;1-5-13-9-10-16-18(11-13)21-17(8-4)20-15(7-3)12-14(6-2)19(16)20;1-4-12-11-13(5-2)18-15(6-3)19-16-10-8-7-9-14(16)17(12)18/h2*9-11H,5-8,12H2,1-4H3;7-10H,4-6,11H2,1-3H3. The topological polar surface area (TPSA) is 38.7 Å². The minimum atomic E-state index is 1.02. The molecular weight excluding hydrogens is 739 g/mol. The SMILES string of the molecule is CCC1=c2c(CC)nc3cc(CC)ccc3c2=C(CC)C1.CCC1=c2c(CC)nc3ccc(CC)cc3c2=C(CC)C1.CCC1=c2c(CC)nc3ccccc3c2=C(CC)C1. The molecule has 3 aromatic carbocycles. The Kier molecular flexibility index (Phi) is 14.1. The van der Waals surface area contributed by atoms with E-state index in [1.807, 2.05) is 0 Å². The Morgan fingerprint density at radius 3 is 1.11 bits per heavy atom. The van der Waals surface area contributed by atoms with E-state index >= 15 is 0 Å². The van der Waals surface area contributed by atoms with Gasteiger partial charge in [0.2, 0.25) is 0 Å². The van der Waals surface area contributed by atoms with Crippen LogP contribution in [0.15, 0.2) is 60.7 Å². The fraction of sp³-hybridized carbons (Fsp3) is 0.431. The summed E-state index contributed by atoms with van der Waals surface area (Å²) in [5, 5.41) is 13.1. The summed E-state index contributed by atoms with van der Waals surface area (Å²) in [4.78, 5) is 14.9. The lowest BCUT2D eigenvalue weighted by atomic mass is 10.0. The molecule has 3 heteroatoms. The quantitative estimate of drug-likeness (QED) is 0.131. The molecule has 3 aromatic heterocycles. The van der Waals surface area contributed by atoms with Crippen LogP contribution in [0.25, 0.3) is 66.1 Å². The summed E-state index contributed by atoms with van der Waals surface area (Å²) in [6.45, 7) is 24.8. The van der Waals surface area contributed by atoms with Gasteiger partial charge in [0.05, 0.1) is 16.6 Å². The second kappa shape index (κ2) is 19.4. The van der Waals surface area contributed by atoms with Crippen molar-refractivity contribution in [3.63, 3.8) is 0 Å². The summed E-state index contributed by atoms with van der Waals surface area (Å²) < 4.78 is 0. The molecule has 0 radical (unpaired) electrons. The minimum Gasteiger partial charge on any atom is -0.252 e. The third-order valence-electron chi connectivity index (χ3n) is 14.0. The molecule has 0 fully saturated rings. The number of benzene rings is 3. The normalized spacial score (nSPS) is 14.1. The van der Waals surface area contributed by atoms with Crippen molar-refractivity contribution in [2.45, 2.75) is 166 Å². The van der Waals surface area contributed by atoms with Crippen LogP contribution in [-0.4, -0.2) is 15.0 Å². The molecule has 3 heterocycles. The number of rotatable bonds is 11. The number of para-hydroxylation sites is 1. The predicted molar refractivity (Wildman–Crippen MR) is 266 cm³/mol. The van der Waals surface area contributed by atoms with Crippen molar-refractivity contribution in [3.05, 3.63) is 120 Å². The van der Waals surface area contributed by atoms with E-state index in [4.69, 9.17) is 15.0 Å². The second-order valence-electron chi connectivity index (χ2n) is 17.2. The fourth-order valence-corrected chi connectivity index (χ4v) is 10.6. The molecule has 3 aliphatic rings. The van der Waals surface area contributed by atoms with Crippen molar-refractivity contribution in [2.75, 3.05) is 0 Å². The number of pyridine rings is 3. The summed E-state index contributed by atoms with van der Waals surface area (Å²) in [5.74, 6) is 0. The summed E-state index contributed by atoms with van der Waals surface area (Å²) in [7, 11) is 0. The van der Waals surface area contributed by atoms with Crippen LogP contribution in [0.4, 0.5) is 0 Å². The van der Waals surface area contributed by atoms with Gasteiger partial charge in [-0.15, -0.1) is 0 Å². The molecule has 0 bridgehead atoms. The van der Waals surface area contributed by atoms with E-state index in [-0.39, 0.29) is 0 Å². The zero-order valence-corrected chi connectivity index (χ0v) is 39.5. The van der Waals surface area contributed by atoms with Crippen LogP contribution >= 0.6 is 0 Å². The second-order valence-corrected chi connectivity index (χ2v) is 17.2. The average molecular weight is 810 g/mol. The molecule has 0 unspecified atom stereocenters. The molecule has 0 aliphatic heterocycles. The Bertz CT molecular complexity index is 3040. The molecule has 0 saturated heterocycles. The van der Waals surface area contributed by atoms with Crippen molar-refractivity contribution in [3.8, 4) is 0 Å². The maximum absolute atomic E-state index is 5.01. The number of nitrogens with zero attached hydrogens (tertiary/aromatic N) is 3. The van der Waals surface area contributed by atoms with Gasteiger partial charge in [0.1, 0.15) is 0 Å². The minimum absolute atomic E-state index is 1.02. The smallest absolute Gasteiger partial charge is 0.0714 e. The third kappa shape index (κ3) is 8.15. The van der Waals surface area contributed by atoms with Gasteiger partial charge in [0.15, 0.2) is 0 Å². The monoisotopic (exact) mass is 810 g/mol. The van der Waals surface area contributed by atoms with Crippen molar-refractivity contribution in [1.82, 2.24) is 15.0 Å². The van der Waals surface area contributed by atoms with Gasteiger partial charge in [-0.25, -0.2) is 0 Å². The first kappa shape index (κ1) is 44.2. The fourth-order valence-electron chi connectivity index (χ4n) is 10.6. The molecule has 318 valence electrons. The highest BCUT2D eigenvalue weighted by Gasteiger charge is 2.20. The summed E-state index contributed by atoms with van der Waals surface area (Å²) in [6.07, 6.45) is 15.6. The molecule has 9 rings (SSSR count). The van der Waals surface area contributed by atoms with Crippen LogP contribution in [-0.2, 0) is 32.1 Å². The van der Waals surface area contributed by atoms with Gasteiger partial charge >= 0.3 is 0 Å². The first-order valence-corrected chi connectivity index (χ1v) is 24.2.